The van der Waals surface area contributed by atoms with Gasteiger partial charge in [-0.1, -0.05) is 6.42 Å². The van der Waals surface area contributed by atoms with E-state index in [0.29, 0.717) is 0 Å². The van der Waals surface area contributed by atoms with Crippen LogP contribution in [0.15, 0.2) is 18.2 Å². The van der Waals surface area contributed by atoms with E-state index in [1.165, 1.54) is 129 Å². The van der Waals surface area contributed by atoms with Crippen LogP contribution in [-0.2, 0) is 0 Å². The number of hydrogen-bond acceptors (Lipinski definition) is 3. The first kappa shape index (κ1) is 20.4. The van der Waals surface area contributed by atoms with Crippen molar-refractivity contribution in [3.05, 3.63) is 23.8 Å². The van der Waals surface area contributed by atoms with Gasteiger partial charge in [-0.2, -0.15) is 0 Å². The van der Waals surface area contributed by atoms with Crippen LogP contribution in [0.2, 0.25) is 0 Å². The minimum Gasteiger partial charge on any atom is -0.372 e. The van der Waals surface area contributed by atoms with E-state index in [0.717, 1.165) is 17.3 Å². The van der Waals surface area contributed by atoms with Crippen LogP contribution in [0.4, 0.5) is 11.4 Å². The van der Waals surface area contributed by atoms with Crippen molar-refractivity contribution >= 4 is 11.4 Å². The summed E-state index contributed by atoms with van der Waals surface area (Å²) in [6.45, 7) is 8.84. The highest BCUT2D eigenvalue weighted by molar-refractivity contribution is 5.63. The van der Waals surface area contributed by atoms with Crippen molar-refractivity contribution in [2.45, 2.75) is 83.0 Å². The molecule has 3 nitrogen and oxygen atoms in total. The summed E-state index contributed by atoms with van der Waals surface area (Å²) in [7, 11) is 0. The fourth-order valence-electron chi connectivity index (χ4n) is 6.94. The monoisotopic (exact) mass is 421 g/mol. The quantitative estimate of drug-likeness (QED) is 0.574. The average Bonchev–Trinajstić information content (AvgIpc) is 3.56. The number of benzene rings is 1. The summed E-state index contributed by atoms with van der Waals surface area (Å²) in [4.78, 5) is 8.16. The molecule has 5 fully saturated rings. The van der Waals surface area contributed by atoms with Gasteiger partial charge in [0, 0.05) is 57.2 Å². The van der Waals surface area contributed by atoms with Gasteiger partial charge in [0.2, 0.25) is 0 Å². The van der Waals surface area contributed by atoms with Gasteiger partial charge in [-0.15, -0.1) is 0 Å². The van der Waals surface area contributed by atoms with Gasteiger partial charge in [0.1, 0.15) is 0 Å². The lowest BCUT2D eigenvalue weighted by Gasteiger charge is -2.41. The Balaban J connectivity index is 1.19. The Hall–Kier alpha value is -1.22. The van der Waals surface area contributed by atoms with Gasteiger partial charge in [-0.25, -0.2) is 0 Å². The molecule has 1 spiro atoms. The molecule has 0 aromatic heterocycles. The Labute approximate surface area is 190 Å². The topological polar surface area (TPSA) is 9.72 Å². The largest absolute Gasteiger partial charge is 0.372 e. The van der Waals surface area contributed by atoms with Crippen LogP contribution in [0, 0.1) is 11.3 Å². The molecule has 0 unspecified atom stereocenters. The predicted molar refractivity (Wildman–Crippen MR) is 131 cm³/mol. The zero-order valence-electron chi connectivity index (χ0n) is 19.7. The number of anilines is 2. The van der Waals surface area contributed by atoms with Crippen molar-refractivity contribution in [2.75, 3.05) is 55.6 Å². The molecule has 3 aliphatic carbocycles. The lowest BCUT2D eigenvalue weighted by Crippen LogP contribution is -2.48. The van der Waals surface area contributed by atoms with E-state index in [2.05, 4.69) is 32.9 Å². The van der Waals surface area contributed by atoms with E-state index in [-0.39, 0.29) is 0 Å². The molecular weight excluding hydrogens is 378 g/mol. The second-order valence-electron chi connectivity index (χ2n) is 11.6. The third-order valence-electron chi connectivity index (χ3n) is 9.63. The molecule has 0 radical (unpaired) electrons. The van der Waals surface area contributed by atoms with Gasteiger partial charge in [0.05, 0.1) is 0 Å². The highest BCUT2D eigenvalue weighted by Gasteiger charge is 2.45. The van der Waals surface area contributed by atoms with Crippen LogP contribution in [0.1, 0.15) is 88.5 Å². The molecule has 1 aromatic carbocycles. The zero-order chi connectivity index (χ0) is 20.7. The summed E-state index contributed by atoms with van der Waals surface area (Å²) in [5, 5.41) is 0. The number of nitrogens with zero attached hydrogens (tertiary/aromatic N) is 3. The van der Waals surface area contributed by atoms with Crippen molar-refractivity contribution in [1.82, 2.24) is 4.90 Å². The van der Waals surface area contributed by atoms with E-state index < -0.39 is 0 Å². The van der Waals surface area contributed by atoms with Gasteiger partial charge in [-0.3, -0.25) is 4.90 Å². The maximum atomic E-state index is 2.75. The normalized spacial score (nSPS) is 27.5. The number of rotatable bonds is 5. The lowest BCUT2D eigenvalue weighted by molar-refractivity contribution is 0.170. The first-order chi connectivity index (χ1) is 15.3. The van der Waals surface area contributed by atoms with Crippen molar-refractivity contribution in [3.8, 4) is 0 Å². The minimum atomic E-state index is 0.786. The van der Waals surface area contributed by atoms with Crippen LogP contribution in [0.5, 0.6) is 0 Å². The number of piperazine rings is 1. The smallest absolute Gasteiger partial charge is 0.0404 e. The molecule has 170 valence electrons. The standard InChI is InChI=1S/C28H43N3/c1-2-15-30(16-3-1)25-7-8-27(26(21-25)24-9-11-28(12-10-24)13-14-28)31-19-17-29(18-20-31)22-23-5-4-6-23/h7-8,21,23-24H,1-6,9-20,22H2. The van der Waals surface area contributed by atoms with E-state index in [1.807, 2.05) is 0 Å². The summed E-state index contributed by atoms with van der Waals surface area (Å²) < 4.78 is 0. The Morgan fingerprint density at radius 1 is 0.710 bits per heavy atom. The molecule has 5 aliphatic rings. The summed E-state index contributed by atoms with van der Waals surface area (Å²) >= 11 is 0. The molecule has 2 heterocycles. The highest BCUT2D eigenvalue weighted by Crippen LogP contribution is 2.59. The summed E-state index contributed by atoms with van der Waals surface area (Å²) in [6, 6.07) is 7.61. The lowest BCUT2D eigenvalue weighted by atomic mass is 9.76. The Bertz CT molecular complexity index is 742. The third kappa shape index (κ3) is 4.36. The first-order valence-corrected chi connectivity index (χ1v) is 13.6. The van der Waals surface area contributed by atoms with Crippen LogP contribution in [0.25, 0.3) is 0 Å². The molecule has 0 bridgehead atoms. The van der Waals surface area contributed by atoms with E-state index in [1.54, 1.807) is 11.3 Å². The molecule has 0 N–H and O–H groups in total. The van der Waals surface area contributed by atoms with E-state index in [4.69, 9.17) is 0 Å². The molecule has 0 amide bonds. The Morgan fingerprint density at radius 2 is 1.45 bits per heavy atom. The molecule has 31 heavy (non-hydrogen) atoms. The van der Waals surface area contributed by atoms with Crippen molar-refractivity contribution < 1.29 is 0 Å². The molecule has 3 saturated carbocycles. The maximum Gasteiger partial charge on any atom is 0.0404 e. The van der Waals surface area contributed by atoms with Crippen molar-refractivity contribution in [2.24, 2.45) is 11.3 Å². The zero-order valence-corrected chi connectivity index (χ0v) is 19.7. The molecule has 3 heteroatoms. The fraction of sp³-hybridized carbons (Fsp3) is 0.786. The van der Waals surface area contributed by atoms with Crippen LogP contribution >= 0.6 is 0 Å². The maximum absolute atomic E-state index is 2.75. The van der Waals surface area contributed by atoms with Crippen LogP contribution in [-0.4, -0.2) is 50.7 Å². The van der Waals surface area contributed by atoms with E-state index in [9.17, 15) is 0 Å². The fourth-order valence-corrected chi connectivity index (χ4v) is 6.94. The highest BCUT2D eigenvalue weighted by atomic mass is 15.3. The van der Waals surface area contributed by atoms with Gasteiger partial charge in [0.25, 0.3) is 0 Å². The molecular formula is C28H43N3. The molecule has 1 aromatic rings. The molecule has 0 atom stereocenters. The van der Waals surface area contributed by atoms with Crippen LogP contribution < -0.4 is 9.80 Å². The number of hydrogen-bond donors (Lipinski definition) is 0. The predicted octanol–water partition coefficient (Wildman–Crippen LogP) is 6.04. The molecule has 6 rings (SSSR count). The SMILES string of the molecule is c1cc(N2CCN(CC3CCC3)CC2)c(C2CCC3(CC2)CC3)cc1N1CCCCC1. The van der Waals surface area contributed by atoms with Gasteiger partial charge in [0.15, 0.2) is 0 Å². The first-order valence-electron chi connectivity index (χ1n) is 13.6. The van der Waals surface area contributed by atoms with E-state index >= 15 is 0 Å². The average molecular weight is 422 g/mol. The summed E-state index contributed by atoms with van der Waals surface area (Å²) in [5.74, 6) is 1.79. The molecule has 2 saturated heterocycles. The Morgan fingerprint density at radius 3 is 2.10 bits per heavy atom. The molecule has 2 aliphatic heterocycles. The van der Waals surface area contributed by atoms with Crippen LogP contribution in [0.3, 0.4) is 0 Å². The summed E-state index contributed by atoms with van der Waals surface area (Å²) in [5.41, 5.74) is 5.58. The van der Waals surface area contributed by atoms with Gasteiger partial charge >= 0.3 is 0 Å². The summed E-state index contributed by atoms with van der Waals surface area (Å²) in [6.07, 6.45) is 17.4. The van der Waals surface area contributed by atoms with Crippen molar-refractivity contribution in [1.29, 1.82) is 0 Å². The second kappa shape index (κ2) is 8.61. The number of piperidine rings is 1. The van der Waals surface area contributed by atoms with Gasteiger partial charge in [-0.05, 0) is 112 Å². The second-order valence-corrected chi connectivity index (χ2v) is 11.6. The Kier molecular flexibility index (Phi) is 5.67. The van der Waals surface area contributed by atoms with Gasteiger partial charge < -0.3 is 9.80 Å². The third-order valence-corrected chi connectivity index (χ3v) is 9.63. The van der Waals surface area contributed by atoms with Crippen molar-refractivity contribution in [3.63, 3.8) is 0 Å². The minimum absolute atomic E-state index is 0.786.